The second-order valence-corrected chi connectivity index (χ2v) is 5.60. The van der Waals surface area contributed by atoms with E-state index in [4.69, 9.17) is 14.2 Å². The Morgan fingerprint density at radius 2 is 2.25 bits per heavy atom. The van der Waals surface area contributed by atoms with Gasteiger partial charge < -0.3 is 19.1 Å². The first-order valence-corrected chi connectivity index (χ1v) is 7.46. The maximum absolute atomic E-state index is 5.72. The molecule has 1 atom stereocenters. The average molecular weight is 303 g/mol. The van der Waals surface area contributed by atoms with Gasteiger partial charge in [0.25, 0.3) is 0 Å². The number of ether oxygens (including phenoxy) is 3. The van der Waals surface area contributed by atoms with Gasteiger partial charge in [0, 0.05) is 33.1 Å². The van der Waals surface area contributed by atoms with Crippen LogP contribution in [0.4, 0.5) is 0 Å². The zero-order chi connectivity index (χ0) is 14.4. The van der Waals surface area contributed by atoms with E-state index in [-0.39, 0.29) is 12.4 Å². The molecule has 0 amide bonds. The van der Waals surface area contributed by atoms with Crippen LogP contribution in [0.25, 0.3) is 0 Å². The molecule has 114 valence electrons. The van der Waals surface area contributed by atoms with Crippen LogP contribution in [0, 0.1) is 0 Å². The van der Waals surface area contributed by atoms with Crippen LogP contribution >= 0.6 is 11.8 Å². The molecule has 0 radical (unpaired) electrons. The first-order valence-electron chi connectivity index (χ1n) is 6.47. The van der Waals surface area contributed by atoms with Gasteiger partial charge in [0.05, 0.1) is 19.3 Å². The van der Waals surface area contributed by atoms with Crippen molar-refractivity contribution in [2.45, 2.75) is 24.1 Å². The van der Waals surface area contributed by atoms with Gasteiger partial charge in [0.1, 0.15) is 0 Å². The number of likely N-dealkylation sites (N-methyl/N-ethyl adjacent to an activating group) is 1. The lowest BCUT2D eigenvalue weighted by Crippen LogP contribution is -2.41. The van der Waals surface area contributed by atoms with E-state index in [1.54, 1.807) is 30.7 Å². The number of rotatable bonds is 7. The molecule has 0 aliphatic carbocycles. The molecule has 1 saturated heterocycles. The van der Waals surface area contributed by atoms with Gasteiger partial charge in [-0.3, -0.25) is 0 Å². The normalized spacial score (nSPS) is 20.7. The van der Waals surface area contributed by atoms with E-state index in [9.17, 15) is 0 Å². The molecule has 9 heteroatoms. The van der Waals surface area contributed by atoms with Crippen LogP contribution in [-0.4, -0.2) is 84.2 Å². The molecule has 0 N–H and O–H groups in total. The van der Waals surface area contributed by atoms with Crippen molar-refractivity contribution in [1.29, 1.82) is 0 Å². The summed E-state index contributed by atoms with van der Waals surface area (Å²) in [6.45, 7) is 3.17. The zero-order valence-electron chi connectivity index (χ0n) is 12.1. The van der Waals surface area contributed by atoms with Gasteiger partial charge in [-0.1, -0.05) is 11.8 Å². The number of thioether (sulfide) groups is 1. The van der Waals surface area contributed by atoms with Crippen LogP contribution in [0.15, 0.2) is 5.16 Å². The number of aromatic nitrogens is 4. The Morgan fingerprint density at radius 1 is 1.45 bits per heavy atom. The van der Waals surface area contributed by atoms with Crippen LogP contribution in [0.2, 0.25) is 0 Å². The van der Waals surface area contributed by atoms with Crippen molar-refractivity contribution in [1.82, 2.24) is 25.1 Å². The number of hydrogen-bond donors (Lipinski definition) is 0. The molecule has 2 rings (SSSR count). The molecule has 0 saturated carbocycles. The van der Waals surface area contributed by atoms with E-state index in [2.05, 4.69) is 27.5 Å². The van der Waals surface area contributed by atoms with E-state index in [1.165, 1.54) is 0 Å². The third-order valence-corrected chi connectivity index (χ3v) is 4.18. The van der Waals surface area contributed by atoms with Gasteiger partial charge >= 0.3 is 0 Å². The minimum Gasteiger partial charge on any atom is -0.375 e. The van der Waals surface area contributed by atoms with Crippen LogP contribution in [0.5, 0.6) is 0 Å². The summed E-state index contributed by atoms with van der Waals surface area (Å²) < 4.78 is 17.7. The molecule has 8 nitrogen and oxygen atoms in total. The standard InChI is InChI=1S/C11H21N5O3S/c1-15-4-5-19-9(6-15)8-20-11-12-13-14-16(11)7-10(17-2)18-3/h9-10H,4-8H2,1-3H3. The Hall–Kier alpha value is -0.740. The lowest BCUT2D eigenvalue weighted by molar-refractivity contribution is -0.113. The quantitative estimate of drug-likeness (QED) is 0.503. The topological polar surface area (TPSA) is 74.5 Å². The van der Waals surface area contributed by atoms with Crippen molar-refractivity contribution >= 4 is 11.8 Å². The van der Waals surface area contributed by atoms with Gasteiger partial charge in [-0.15, -0.1) is 5.10 Å². The van der Waals surface area contributed by atoms with Crippen molar-refractivity contribution in [2.24, 2.45) is 0 Å². The van der Waals surface area contributed by atoms with E-state index in [0.29, 0.717) is 6.54 Å². The summed E-state index contributed by atoms with van der Waals surface area (Å²) in [6.07, 6.45) is -0.139. The summed E-state index contributed by atoms with van der Waals surface area (Å²) in [5, 5.41) is 12.4. The monoisotopic (exact) mass is 303 g/mol. The molecule has 1 aromatic rings. The molecule has 2 heterocycles. The maximum atomic E-state index is 5.72. The van der Waals surface area contributed by atoms with Gasteiger partial charge in [-0.2, -0.15) is 0 Å². The number of methoxy groups -OCH3 is 2. The molecule has 0 aromatic carbocycles. The molecule has 1 aromatic heterocycles. The molecular weight excluding hydrogens is 282 g/mol. The molecule has 0 bridgehead atoms. The summed E-state index contributed by atoms with van der Waals surface area (Å²) in [5.41, 5.74) is 0. The van der Waals surface area contributed by atoms with E-state index in [1.807, 2.05) is 0 Å². The number of hydrogen-bond acceptors (Lipinski definition) is 8. The molecule has 1 aliphatic rings. The smallest absolute Gasteiger partial charge is 0.209 e. The van der Waals surface area contributed by atoms with Crippen molar-refractivity contribution in [3.05, 3.63) is 0 Å². The van der Waals surface area contributed by atoms with Crippen LogP contribution < -0.4 is 0 Å². The highest BCUT2D eigenvalue weighted by Crippen LogP contribution is 2.18. The lowest BCUT2D eigenvalue weighted by Gasteiger charge is -2.29. The second-order valence-electron chi connectivity index (χ2n) is 4.61. The fourth-order valence-corrected chi connectivity index (χ4v) is 2.83. The number of tetrazole rings is 1. The molecular formula is C11H21N5O3S. The molecule has 0 spiro atoms. The van der Waals surface area contributed by atoms with Gasteiger partial charge in [0.2, 0.25) is 5.16 Å². The first-order chi connectivity index (χ1) is 9.72. The highest BCUT2D eigenvalue weighted by atomic mass is 32.2. The predicted octanol–water partition coefficient (Wildman–Crippen LogP) is -0.285. The maximum Gasteiger partial charge on any atom is 0.209 e. The lowest BCUT2D eigenvalue weighted by atomic mass is 10.3. The summed E-state index contributed by atoms with van der Waals surface area (Å²) in [6, 6.07) is 0. The van der Waals surface area contributed by atoms with Crippen molar-refractivity contribution in [2.75, 3.05) is 46.7 Å². The highest BCUT2D eigenvalue weighted by Gasteiger charge is 2.20. The first kappa shape index (κ1) is 15.6. The fraction of sp³-hybridized carbons (Fsp3) is 0.909. The van der Waals surface area contributed by atoms with Gasteiger partial charge in [0.15, 0.2) is 6.29 Å². The second kappa shape index (κ2) is 7.89. The van der Waals surface area contributed by atoms with Crippen LogP contribution in [0.1, 0.15) is 0 Å². The van der Waals surface area contributed by atoms with Gasteiger partial charge in [-0.25, -0.2) is 4.68 Å². The molecule has 1 aliphatic heterocycles. The Bertz CT molecular complexity index is 401. The summed E-state index contributed by atoms with van der Waals surface area (Å²) in [5.74, 6) is 0.829. The van der Waals surface area contributed by atoms with Crippen molar-refractivity contribution < 1.29 is 14.2 Å². The third kappa shape index (κ3) is 4.38. The van der Waals surface area contributed by atoms with Crippen molar-refractivity contribution in [3.8, 4) is 0 Å². The van der Waals surface area contributed by atoms with Crippen LogP contribution in [0.3, 0.4) is 0 Å². The molecule has 20 heavy (non-hydrogen) atoms. The highest BCUT2D eigenvalue weighted by molar-refractivity contribution is 7.99. The largest absolute Gasteiger partial charge is 0.375 e. The van der Waals surface area contributed by atoms with Crippen LogP contribution in [-0.2, 0) is 20.8 Å². The number of morpholine rings is 1. The Kier molecular flexibility index (Phi) is 6.17. The average Bonchev–Trinajstić information content (AvgIpc) is 2.90. The van der Waals surface area contributed by atoms with Gasteiger partial charge in [-0.05, 0) is 17.5 Å². The molecule has 1 fully saturated rings. The fourth-order valence-electron chi connectivity index (χ4n) is 1.94. The summed E-state index contributed by atoms with van der Waals surface area (Å²) >= 11 is 1.59. The van der Waals surface area contributed by atoms with E-state index < -0.39 is 0 Å². The summed E-state index contributed by atoms with van der Waals surface area (Å²) in [4.78, 5) is 2.27. The third-order valence-electron chi connectivity index (χ3n) is 3.09. The van der Waals surface area contributed by atoms with E-state index >= 15 is 0 Å². The van der Waals surface area contributed by atoms with Crippen molar-refractivity contribution in [3.63, 3.8) is 0 Å². The Balaban J connectivity index is 1.85. The Labute approximate surface area is 122 Å². The predicted molar refractivity (Wildman–Crippen MR) is 73.6 cm³/mol. The number of nitrogens with zero attached hydrogens (tertiary/aromatic N) is 5. The zero-order valence-corrected chi connectivity index (χ0v) is 12.9. The Morgan fingerprint density at radius 3 is 2.95 bits per heavy atom. The minimum atomic E-state index is -0.352. The summed E-state index contributed by atoms with van der Waals surface area (Å²) in [7, 11) is 5.29. The van der Waals surface area contributed by atoms with E-state index in [0.717, 1.165) is 30.6 Å². The minimum absolute atomic E-state index is 0.213. The molecule has 1 unspecified atom stereocenters. The SMILES string of the molecule is COC(Cn1nnnc1SCC1CN(C)CCO1)OC.